The number of amides is 1. The molecule has 10 heteroatoms. The van der Waals surface area contributed by atoms with Gasteiger partial charge in [-0.25, -0.2) is 13.2 Å². The Morgan fingerprint density at radius 1 is 1.06 bits per heavy atom. The van der Waals surface area contributed by atoms with Gasteiger partial charge in [-0.1, -0.05) is 30.3 Å². The van der Waals surface area contributed by atoms with E-state index in [2.05, 4.69) is 5.32 Å². The molecule has 1 aromatic carbocycles. The molecule has 0 aliphatic heterocycles. The molecule has 0 heterocycles. The number of ether oxygens (including phenoxy) is 2. The van der Waals surface area contributed by atoms with E-state index < -0.39 is 63.0 Å². The van der Waals surface area contributed by atoms with Gasteiger partial charge in [-0.2, -0.15) is 0 Å². The van der Waals surface area contributed by atoms with Crippen LogP contribution in [0, 0.1) is 5.92 Å². The van der Waals surface area contributed by atoms with Crippen molar-refractivity contribution in [2.45, 2.75) is 51.4 Å². The first-order valence-electron chi connectivity index (χ1n) is 9.74. The Hall–Kier alpha value is -2.62. The van der Waals surface area contributed by atoms with Gasteiger partial charge in [0.25, 0.3) is 0 Å². The van der Waals surface area contributed by atoms with Gasteiger partial charge in [0, 0.05) is 0 Å². The molecular formula is C21H31NO8S. The Morgan fingerprint density at radius 3 is 2.16 bits per heavy atom. The van der Waals surface area contributed by atoms with Crippen molar-refractivity contribution in [1.82, 2.24) is 5.32 Å². The van der Waals surface area contributed by atoms with Gasteiger partial charge >= 0.3 is 18.0 Å². The van der Waals surface area contributed by atoms with E-state index in [4.69, 9.17) is 9.47 Å². The van der Waals surface area contributed by atoms with Gasteiger partial charge in [0.1, 0.15) is 23.5 Å². The number of alkyl carbamates (subject to hydrolysis) is 1. The maximum Gasteiger partial charge on any atom is 0.408 e. The van der Waals surface area contributed by atoms with E-state index in [1.54, 1.807) is 51.1 Å². The molecule has 0 aliphatic carbocycles. The fraction of sp³-hybridized carbons (Fsp3) is 0.571. The normalized spacial score (nSPS) is 13.2. The molecule has 0 radical (unpaired) electrons. The third kappa shape index (κ3) is 9.37. The average Bonchev–Trinajstić information content (AvgIpc) is 2.63. The van der Waals surface area contributed by atoms with Gasteiger partial charge in [0.2, 0.25) is 0 Å². The van der Waals surface area contributed by atoms with Gasteiger partial charge in [-0.3, -0.25) is 9.59 Å². The average molecular weight is 458 g/mol. The molecule has 0 fully saturated rings. The summed E-state index contributed by atoms with van der Waals surface area (Å²) >= 11 is 0. The van der Waals surface area contributed by atoms with E-state index in [1.165, 1.54) is 13.8 Å². The second kappa shape index (κ2) is 10.6. The van der Waals surface area contributed by atoms with Crippen molar-refractivity contribution >= 4 is 27.9 Å². The minimum atomic E-state index is -3.95. The van der Waals surface area contributed by atoms with Crippen molar-refractivity contribution in [1.29, 1.82) is 0 Å². The Bertz CT molecular complexity index is 872. The summed E-state index contributed by atoms with van der Waals surface area (Å²) in [6, 6.07) is 8.74. The highest BCUT2D eigenvalue weighted by Gasteiger charge is 2.39. The second-order valence-corrected chi connectivity index (χ2v) is 11.5. The van der Waals surface area contributed by atoms with E-state index >= 15 is 0 Å². The van der Waals surface area contributed by atoms with Crippen LogP contribution in [0.3, 0.4) is 0 Å². The molecule has 0 bridgehead atoms. The van der Waals surface area contributed by atoms with Gasteiger partial charge in [-0.05, 0) is 46.6 Å². The maximum absolute atomic E-state index is 12.8. The molecule has 1 unspecified atom stereocenters. The number of carbonyl (C=O) groups excluding carboxylic acids is 2. The molecule has 9 nitrogen and oxygen atoms in total. The minimum absolute atomic E-state index is 0.0606. The second-order valence-electron chi connectivity index (χ2n) is 8.78. The van der Waals surface area contributed by atoms with Gasteiger partial charge < -0.3 is 19.9 Å². The summed E-state index contributed by atoms with van der Waals surface area (Å²) < 4.78 is 34.2. The fourth-order valence-electron chi connectivity index (χ4n) is 2.46. The number of sulfone groups is 1. The smallest absolute Gasteiger partial charge is 0.408 e. The van der Waals surface area contributed by atoms with E-state index in [-0.39, 0.29) is 6.42 Å². The summed E-state index contributed by atoms with van der Waals surface area (Å²) in [5, 5.41) is 11.7. The number of hydrogen-bond donors (Lipinski definition) is 2. The van der Waals surface area contributed by atoms with Gasteiger partial charge in [0.05, 0.1) is 11.7 Å². The quantitative estimate of drug-likeness (QED) is 0.510. The van der Waals surface area contributed by atoms with Gasteiger partial charge in [0.15, 0.2) is 9.84 Å². The van der Waals surface area contributed by atoms with Crippen LogP contribution in [0.2, 0.25) is 0 Å². The highest BCUT2D eigenvalue weighted by atomic mass is 32.2. The number of aliphatic carboxylic acids is 1. The summed E-state index contributed by atoms with van der Waals surface area (Å²) in [7, 11) is -3.95. The summed E-state index contributed by atoms with van der Waals surface area (Å²) in [5.41, 5.74) is -0.0210. The lowest BCUT2D eigenvalue weighted by Crippen LogP contribution is -2.43. The predicted molar refractivity (Wildman–Crippen MR) is 114 cm³/mol. The van der Waals surface area contributed by atoms with Crippen LogP contribution in [-0.2, 0) is 35.3 Å². The standard InChI is InChI=1S/C21H31NO8S/c1-20(2,3)30-19(26)22-12-17(23)29-14-21(4,5)31(27,28)13-16(18(24)25)11-15-9-7-6-8-10-15/h6-10,16H,11-14H2,1-5H3,(H,22,26)(H,24,25). The number of rotatable bonds is 10. The molecule has 0 spiro atoms. The third-order valence-electron chi connectivity index (χ3n) is 4.29. The number of esters is 1. The van der Waals surface area contributed by atoms with Crippen molar-refractivity contribution in [3.8, 4) is 0 Å². The molecule has 2 N–H and O–H groups in total. The Morgan fingerprint density at radius 2 is 1.65 bits per heavy atom. The molecule has 0 aliphatic rings. The van der Waals surface area contributed by atoms with Crippen LogP contribution in [0.25, 0.3) is 0 Å². The van der Waals surface area contributed by atoms with Crippen LogP contribution in [0.4, 0.5) is 4.79 Å². The van der Waals surface area contributed by atoms with E-state index in [0.717, 1.165) is 0 Å². The first-order valence-corrected chi connectivity index (χ1v) is 11.4. The molecule has 1 atom stereocenters. The lowest BCUT2D eigenvalue weighted by Gasteiger charge is -2.26. The largest absolute Gasteiger partial charge is 0.481 e. The van der Waals surface area contributed by atoms with Gasteiger partial charge in [-0.15, -0.1) is 0 Å². The SMILES string of the molecule is CC(C)(C)OC(=O)NCC(=O)OCC(C)(C)S(=O)(=O)CC(Cc1ccccc1)C(=O)O. The first-order chi connectivity index (χ1) is 14.1. The summed E-state index contributed by atoms with van der Waals surface area (Å²) in [5.74, 6) is -3.80. The van der Waals surface area contributed by atoms with Crippen LogP contribution in [0.15, 0.2) is 30.3 Å². The number of carboxylic acids is 1. The van der Waals surface area contributed by atoms with Crippen LogP contribution < -0.4 is 5.32 Å². The molecule has 0 saturated heterocycles. The summed E-state index contributed by atoms with van der Waals surface area (Å²) in [4.78, 5) is 35.1. The zero-order chi connectivity index (χ0) is 23.9. The van der Waals surface area contributed by atoms with Crippen molar-refractivity contribution < 1.29 is 37.4 Å². The molecule has 1 aromatic rings. The molecule has 1 rings (SSSR count). The van der Waals surface area contributed by atoms with Crippen LogP contribution >= 0.6 is 0 Å². The van der Waals surface area contributed by atoms with Crippen molar-refractivity contribution in [2.24, 2.45) is 5.92 Å². The number of nitrogens with one attached hydrogen (secondary N) is 1. The summed E-state index contributed by atoms with van der Waals surface area (Å²) in [6.45, 7) is 6.75. The highest BCUT2D eigenvalue weighted by molar-refractivity contribution is 7.92. The molecule has 31 heavy (non-hydrogen) atoms. The predicted octanol–water partition coefficient (Wildman–Crippen LogP) is 2.19. The molecule has 174 valence electrons. The third-order valence-corrected chi connectivity index (χ3v) is 6.94. The lowest BCUT2D eigenvalue weighted by atomic mass is 10.0. The van der Waals surface area contributed by atoms with E-state index in [1.807, 2.05) is 0 Å². The zero-order valence-corrected chi connectivity index (χ0v) is 19.3. The minimum Gasteiger partial charge on any atom is -0.481 e. The topological polar surface area (TPSA) is 136 Å². The Kier molecular flexibility index (Phi) is 9.04. The van der Waals surface area contributed by atoms with Crippen molar-refractivity contribution in [3.05, 3.63) is 35.9 Å². The van der Waals surface area contributed by atoms with E-state index in [0.29, 0.717) is 5.56 Å². The summed E-state index contributed by atoms with van der Waals surface area (Å²) in [6.07, 6.45) is -0.744. The monoisotopic (exact) mass is 457 g/mol. The number of carboxylic acid groups (broad SMARTS) is 1. The lowest BCUT2D eigenvalue weighted by molar-refractivity contribution is -0.143. The van der Waals surface area contributed by atoms with Crippen LogP contribution in [0.1, 0.15) is 40.2 Å². The molecular weight excluding hydrogens is 426 g/mol. The Balaban J connectivity index is 2.67. The maximum atomic E-state index is 12.8. The van der Waals surface area contributed by atoms with E-state index in [9.17, 15) is 27.9 Å². The fourth-order valence-corrected chi connectivity index (χ4v) is 3.94. The van der Waals surface area contributed by atoms with Crippen molar-refractivity contribution in [2.75, 3.05) is 18.9 Å². The number of benzene rings is 1. The first kappa shape index (κ1) is 26.4. The van der Waals surface area contributed by atoms with Crippen molar-refractivity contribution in [3.63, 3.8) is 0 Å². The zero-order valence-electron chi connectivity index (χ0n) is 18.5. The number of carbonyl (C=O) groups is 3. The van der Waals surface area contributed by atoms with Crippen LogP contribution in [-0.4, -0.2) is 60.8 Å². The van der Waals surface area contributed by atoms with Crippen LogP contribution in [0.5, 0.6) is 0 Å². The Labute approximate surface area is 183 Å². The molecule has 1 amide bonds. The number of hydrogen-bond acceptors (Lipinski definition) is 7. The molecule has 0 aromatic heterocycles. The highest BCUT2D eigenvalue weighted by Crippen LogP contribution is 2.22. The molecule has 0 saturated carbocycles.